The van der Waals surface area contributed by atoms with Crippen LogP contribution in [0.1, 0.15) is 56.9 Å². The van der Waals surface area contributed by atoms with Gasteiger partial charge in [-0.2, -0.15) is 0 Å². The van der Waals surface area contributed by atoms with Crippen LogP contribution in [-0.4, -0.2) is 54.2 Å². The van der Waals surface area contributed by atoms with E-state index in [9.17, 15) is 9.59 Å². The van der Waals surface area contributed by atoms with Gasteiger partial charge < -0.3 is 24.6 Å². The number of ether oxygens (including phenoxy) is 2. The zero-order chi connectivity index (χ0) is 21.2. The number of rotatable bonds is 3. The van der Waals surface area contributed by atoms with E-state index in [2.05, 4.69) is 5.32 Å². The van der Waals surface area contributed by atoms with E-state index in [0.29, 0.717) is 30.8 Å². The predicted octanol–water partition coefficient (Wildman–Crippen LogP) is 3.52. The van der Waals surface area contributed by atoms with Crippen LogP contribution in [0.25, 0.3) is 0 Å². The van der Waals surface area contributed by atoms with Crippen LogP contribution in [0.5, 0.6) is 11.5 Å². The lowest BCUT2D eigenvalue weighted by atomic mass is 9.82. The number of likely N-dealkylation sites (tertiary alicyclic amines) is 2. The number of piperidine rings is 1. The standard InChI is InChI=1S/C24H33N3O4/c28-23-13-18-8-11-27(24(29)25-20-4-2-1-3-5-20)15-19(18)9-10-26(23)14-17-6-7-21-22(12-17)31-16-30-21/h6-7,12,18-20H,1-5,8-11,13-16H2,(H,25,29)/t18-,19-/m0/s1. The average molecular weight is 428 g/mol. The van der Waals surface area contributed by atoms with Crippen LogP contribution in [0.4, 0.5) is 4.79 Å². The van der Waals surface area contributed by atoms with Crippen molar-refractivity contribution in [3.63, 3.8) is 0 Å². The molecule has 0 spiro atoms. The van der Waals surface area contributed by atoms with Crippen molar-refractivity contribution in [1.82, 2.24) is 15.1 Å². The molecular formula is C24H33N3O4. The van der Waals surface area contributed by atoms with Gasteiger partial charge in [-0.15, -0.1) is 0 Å². The summed E-state index contributed by atoms with van der Waals surface area (Å²) in [5.41, 5.74) is 1.07. The fourth-order valence-electron chi connectivity index (χ4n) is 5.60. The minimum Gasteiger partial charge on any atom is -0.454 e. The molecule has 1 aromatic carbocycles. The summed E-state index contributed by atoms with van der Waals surface area (Å²) in [5.74, 6) is 2.53. The summed E-state index contributed by atoms with van der Waals surface area (Å²) in [6.45, 7) is 3.13. The number of hydrogen-bond acceptors (Lipinski definition) is 4. The van der Waals surface area contributed by atoms with Crippen LogP contribution < -0.4 is 14.8 Å². The molecule has 0 aromatic heterocycles. The second kappa shape index (κ2) is 8.97. The van der Waals surface area contributed by atoms with E-state index in [1.807, 2.05) is 28.0 Å². The van der Waals surface area contributed by atoms with E-state index in [4.69, 9.17) is 9.47 Å². The number of nitrogens with one attached hydrogen (secondary N) is 1. The van der Waals surface area contributed by atoms with Gasteiger partial charge in [0.05, 0.1) is 0 Å². The SMILES string of the molecule is O=C1C[C@@H]2CCN(C(=O)NC3CCCCC3)C[C@@H]2CCN1Cc1ccc2c(c1)OCO2. The molecule has 0 unspecified atom stereocenters. The van der Waals surface area contributed by atoms with Gasteiger partial charge in [-0.1, -0.05) is 25.3 Å². The first-order valence-electron chi connectivity index (χ1n) is 11.9. The molecule has 3 heterocycles. The van der Waals surface area contributed by atoms with Crippen molar-refractivity contribution >= 4 is 11.9 Å². The van der Waals surface area contributed by atoms with Crippen molar-refractivity contribution in [2.24, 2.45) is 11.8 Å². The molecule has 2 saturated heterocycles. The van der Waals surface area contributed by atoms with E-state index in [1.165, 1.54) is 19.3 Å². The minimum absolute atomic E-state index is 0.0955. The summed E-state index contributed by atoms with van der Waals surface area (Å²) in [6, 6.07) is 6.34. The largest absolute Gasteiger partial charge is 0.454 e. The van der Waals surface area contributed by atoms with Crippen molar-refractivity contribution < 1.29 is 19.1 Å². The smallest absolute Gasteiger partial charge is 0.317 e. The Labute approximate surface area is 184 Å². The molecule has 0 bridgehead atoms. The topological polar surface area (TPSA) is 71.1 Å². The van der Waals surface area contributed by atoms with Gasteiger partial charge in [0.1, 0.15) is 0 Å². The van der Waals surface area contributed by atoms with E-state index in [1.54, 1.807) is 0 Å². The third-order valence-corrected chi connectivity index (χ3v) is 7.48. The van der Waals surface area contributed by atoms with E-state index in [0.717, 1.165) is 62.4 Å². The van der Waals surface area contributed by atoms with Crippen LogP contribution in [-0.2, 0) is 11.3 Å². The monoisotopic (exact) mass is 427 g/mol. The Morgan fingerprint density at radius 2 is 1.81 bits per heavy atom. The molecule has 4 aliphatic rings. The lowest BCUT2D eigenvalue weighted by Gasteiger charge is -2.38. The minimum atomic E-state index is 0.0955. The average Bonchev–Trinajstić information content (AvgIpc) is 3.19. The highest BCUT2D eigenvalue weighted by atomic mass is 16.7. The number of nitrogens with zero attached hydrogens (tertiary/aromatic N) is 2. The summed E-state index contributed by atoms with van der Waals surface area (Å²) in [6.07, 6.45) is 8.41. The number of carbonyl (C=O) groups is 2. The fraction of sp³-hybridized carbons (Fsp3) is 0.667. The first-order chi connectivity index (χ1) is 15.2. The van der Waals surface area contributed by atoms with Crippen LogP contribution >= 0.6 is 0 Å². The molecule has 1 aliphatic carbocycles. The molecule has 1 aromatic rings. The van der Waals surface area contributed by atoms with Crippen molar-refractivity contribution in [2.75, 3.05) is 26.4 Å². The molecule has 3 aliphatic heterocycles. The number of carbonyl (C=O) groups excluding carboxylic acids is 2. The van der Waals surface area contributed by atoms with Crippen LogP contribution in [0.15, 0.2) is 18.2 Å². The zero-order valence-electron chi connectivity index (χ0n) is 18.2. The molecular weight excluding hydrogens is 394 g/mol. The second-order valence-corrected chi connectivity index (χ2v) is 9.53. The second-order valence-electron chi connectivity index (χ2n) is 9.53. The molecule has 3 amide bonds. The molecule has 7 nitrogen and oxygen atoms in total. The Bertz CT molecular complexity index is 823. The number of fused-ring (bicyclic) bond motifs is 2. The number of amides is 3. The number of hydrogen-bond donors (Lipinski definition) is 1. The maximum Gasteiger partial charge on any atom is 0.317 e. The highest BCUT2D eigenvalue weighted by Gasteiger charge is 2.36. The number of urea groups is 1. The van der Waals surface area contributed by atoms with E-state index in [-0.39, 0.29) is 18.7 Å². The van der Waals surface area contributed by atoms with Gasteiger partial charge >= 0.3 is 6.03 Å². The van der Waals surface area contributed by atoms with Gasteiger partial charge in [0.2, 0.25) is 12.7 Å². The van der Waals surface area contributed by atoms with Crippen LogP contribution in [0.3, 0.4) is 0 Å². The van der Waals surface area contributed by atoms with Crippen molar-refractivity contribution in [3.05, 3.63) is 23.8 Å². The Morgan fingerprint density at radius 3 is 2.68 bits per heavy atom. The molecule has 7 heteroatoms. The molecule has 3 fully saturated rings. The molecule has 0 radical (unpaired) electrons. The molecule has 31 heavy (non-hydrogen) atoms. The summed E-state index contributed by atoms with van der Waals surface area (Å²) >= 11 is 0. The van der Waals surface area contributed by atoms with Gasteiger partial charge in [0.15, 0.2) is 11.5 Å². The fourth-order valence-corrected chi connectivity index (χ4v) is 5.60. The summed E-state index contributed by atoms with van der Waals surface area (Å²) in [7, 11) is 0. The van der Waals surface area contributed by atoms with Gasteiger partial charge in [0.25, 0.3) is 0 Å². The van der Waals surface area contributed by atoms with Crippen LogP contribution in [0, 0.1) is 11.8 Å². The van der Waals surface area contributed by atoms with Gasteiger partial charge in [-0.3, -0.25) is 4.79 Å². The summed E-state index contributed by atoms with van der Waals surface area (Å²) in [5, 5.41) is 3.26. The highest BCUT2D eigenvalue weighted by molar-refractivity contribution is 5.77. The maximum absolute atomic E-state index is 13.0. The molecule has 1 saturated carbocycles. The molecule has 2 atom stereocenters. The molecule has 168 valence electrons. The maximum atomic E-state index is 13.0. The normalized spacial score (nSPS) is 26.4. The quantitative estimate of drug-likeness (QED) is 0.801. The van der Waals surface area contributed by atoms with Crippen LogP contribution in [0.2, 0.25) is 0 Å². The van der Waals surface area contributed by atoms with Gasteiger partial charge in [-0.05, 0) is 55.2 Å². The van der Waals surface area contributed by atoms with Gasteiger partial charge in [-0.25, -0.2) is 4.79 Å². The lowest BCUT2D eigenvalue weighted by Crippen LogP contribution is -2.50. The summed E-state index contributed by atoms with van der Waals surface area (Å²) < 4.78 is 10.9. The third-order valence-electron chi connectivity index (χ3n) is 7.48. The number of benzene rings is 1. The molecule has 5 rings (SSSR count). The molecule has 1 N–H and O–H groups in total. The Morgan fingerprint density at radius 1 is 1.00 bits per heavy atom. The van der Waals surface area contributed by atoms with Gasteiger partial charge in [0, 0.05) is 38.6 Å². The third kappa shape index (κ3) is 4.60. The summed E-state index contributed by atoms with van der Waals surface area (Å²) in [4.78, 5) is 29.7. The highest BCUT2D eigenvalue weighted by Crippen LogP contribution is 2.35. The first-order valence-corrected chi connectivity index (χ1v) is 11.9. The predicted molar refractivity (Wildman–Crippen MR) is 116 cm³/mol. The Hall–Kier alpha value is -2.44. The van der Waals surface area contributed by atoms with E-state index < -0.39 is 0 Å². The van der Waals surface area contributed by atoms with E-state index >= 15 is 0 Å². The zero-order valence-corrected chi connectivity index (χ0v) is 18.2. The Balaban J connectivity index is 1.18. The van der Waals surface area contributed by atoms with Crippen molar-refractivity contribution in [1.29, 1.82) is 0 Å². The first kappa shape index (κ1) is 20.5. The van der Waals surface area contributed by atoms with Crippen molar-refractivity contribution in [2.45, 2.75) is 64.0 Å². The Kier molecular flexibility index (Phi) is 5.92. The lowest BCUT2D eigenvalue weighted by molar-refractivity contribution is -0.132. The van der Waals surface area contributed by atoms with Crippen molar-refractivity contribution in [3.8, 4) is 11.5 Å².